The second kappa shape index (κ2) is 6.55. The Bertz CT molecular complexity index is 371. The average molecular weight is 269 g/mol. The Balaban J connectivity index is 2.71. The van der Waals surface area contributed by atoms with Gasteiger partial charge < -0.3 is 0 Å². The van der Waals surface area contributed by atoms with Gasteiger partial charge in [0, 0.05) is 11.1 Å². The Labute approximate surface area is 116 Å². The largest absolute Gasteiger partial charge is 0.271 e. The van der Waals surface area contributed by atoms with Crippen LogP contribution in [0.3, 0.4) is 0 Å². The topological polar surface area (TPSA) is 38.0 Å². The zero-order valence-electron chi connectivity index (χ0n) is 11.8. The molecule has 0 aliphatic carbocycles. The summed E-state index contributed by atoms with van der Waals surface area (Å²) in [6.07, 6.45) is 2.17. The molecule has 0 saturated heterocycles. The number of benzene rings is 1. The van der Waals surface area contributed by atoms with Crippen LogP contribution < -0.4 is 11.3 Å². The fourth-order valence-corrected chi connectivity index (χ4v) is 2.84. The van der Waals surface area contributed by atoms with Crippen molar-refractivity contribution in [1.82, 2.24) is 5.43 Å². The number of halogens is 1. The first-order chi connectivity index (χ1) is 8.33. The first-order valence-electron chi connectivity index (χ1n) is 6.54. The molecule has 2 atom stereocenters. The lowest BCUT2D eigenvalue weighted by Crippen LogP contribution is -2.30. The van der Waals surface area contributed by atoms with Crippen LogP contribution in [-0.4, -0.2) is 0 Å². The van der Waals surface area contributed by atoms with Gasteiger partial charge in [-0.2, -0.15) is 0 Å². The number of hydrazine groups is 1. The Hall–Kier alpha value is -0.570. The minimum absolute atomic E-state index is 0.121. The van der Waals surface area contributed by atoms with Gasteiger partial charge in [-0.3, -0.25) is 11.3 Å². The molecule has 0 radical (unpaired) electrons. The van der Waals surface area contributed by atoms with Gasteiger partial charge in [0.05, 0.1) is 0 Å². The van der Waals surface area contributed by atoms with Crippen LogP contribution in [0.5, 0.6) is 0 Å². The maximum atomic E-state index is 6.22. The van der Waals surface area contributed by atoms with E-state index >= 15 is 0 Å². The normalized spacial score (nSPS) is 15.4. The number of rotatable bonds is 5. The third kappa shape index (κ3) is 4.97. The van der Waals surface area contributed by atoms with Crippen molar-refractivity contribution >= 4 is 11.6 Å². The van der Waals surface area contributed by atoms with Gasteiger partial charge in [0.2, 0.25) is 0 Å². The fourth-order valence-electron chi connectivity index (χ4n) is 2.57. The van der Waals surface area contributed by atoms with E-state index in [9.17, 15) is 0 Å². The molecule has 0 heterocycles. The van der Waals surface area contributed by atoms with Crippen LogP contribution in [0, 0.1) is 11.3 Å². The van der Waals surface area contributed by atoms with E-state index in [0.717, 1.165) is 17.0 Å². The molecule has 0 saturated carbocycles. The molecule has 0 fully saturated rings. The Kier molecular flexibility index (Phi) is 5.64. The summed E-state index contributed by atoms with van der Waals surface area (Å²) in [5, 5.41) is 0.781. The van der Waals surface area contributed by atoms with E-state index in [0.29, 0.717) is 11.3 Å². The molecule has 18 heavy (non-hydrogen) atoms. The highest BCUT2D eigenvalue weighted by Crippen LogP contribution is 2.32. The lowest BCUT2D eigenvalue weighted by atomic mass is 9.82. The van der Waals surface area contributed by atoms with Gasteiger partial charge in [-0.1, -0.05) is 57.5 Å². The summed E-state index contributed by atoms with van der Waals surface area (Å²) in [5.74, 6) is 6.28. The third-order valence-electron chi connectivity index (χ3n) is 3.08. The second-order valence-electron chi connectivity index (χ2n) is 6.35. The fraction of sp³-hybridized carbons (Fsp3) is 0.600. The number of nitrogens with two attached hydrogens (primary N) is 1. The van der Waals surface area contributed by atoms with Gasteiger partial charge in [-0.25, -0.2) is 0 Å². The van der Waals surface area contributed by atoms with Crippen molar-refractivity contribution in [1.29, 1.82) is 0 Å². The molecule has 0 spiro atoms. The van der Waals surface area contributed by atoms with Crippen LogP contribution in [0.4, 0.5) is 0 Å². The number of nitrogens with one attached hydrogen (secondary N) is 1. The van der Waals surface area contributed by atoms with Gasteiger partial charge in [-0.15, -0.1) is 0 Å². The molecular formula is C15H25ClN2. The Morgan fingerprint density at radius 1 is 1.28 bits per heavy atom. The first-order valence-corrected chi connectivity index (χ1v) is 6.92. The summed E-state index contributed by atoms with van der Waals surface area (Å²) in [4.78, 5) is 0. The molecule has 0 aliphatic rings. The molecule has 0 aromatic heterocycles. The van der Waals surface area contributed by atoms with Gasteiger partial charge in [0.25, 0.3) is 0 Å². The Morgan fingerprint density at radius 3 is 2.39 bits per heavy atom. The first kappa shape index (κ1) is 15.5. The molecule has 2 nitrogen and oxygen atoms in total. The van der Waals surface area contributed by atoms with Crippen molar-refractivity contribution in [3.8, 4) is 0 Å². The van der Waals surface area contributed by atoms with Gasteiger partial charge in [-0.05, 0) is 35.8 Å². The van der Waals surface area contributed by atoms with E-state index in [1.165, 1.54) is 6.42 Å². The van der Waals surface area contributed by atoms with E-state index < -0.39 is 0 Å². The van der Waals surface area contributed by atoms with E-state index in [-0.39, 0.29) is 6.04 Å². The Morgan fingerprint density at radius 2 is 1.89 bits per heavy atom. The number of hydrogen-bond acceptors (Lipinski definition) is 2. The molecule has 102 valence electrons. The van der Waals surface area contributed by atoms with Crippen molar-refractivity contribution < 1.29 is 0 Å². The van der Waals surface area contributed by atoms with Crippen LogP contribution in [0.2, 0.25) is 5.02 Å². The SMILES string of the molecule is CC(CC(NN)c1ccccc1Cl)CC(C)(C)C. The zero-order chi connectivity index (χ0) is 13.8. The standard InChI is InChI=1S/C15H25ClN2/c1-11(10-15(2,3)4)9-14(18-17)12-7-5-6-8-13(12)16/h5-8,11,14,18H,9-10,17H2,1-4H3. The van der Waals surface area contributed by atoms with Gasteiger partial charge >= 0.3 is 0 Å². The van der Waals surface area contributed by atoms with Crippen LogP contribution >= 0.6 is 11.6 Å². The average Bonchev–Trinajstić information content (AvgIpc) is 2.24. The minimum Gasteiger partial charge on any atom is -0.271 e. The zero-order valence-corrected chi connectivity index (χ0v) is 12.6. The maximum absolute atomic E-state index is 6.22. The van der Waals surface area contributed by atoms with Crippen LogP contribution in [0.15, 0.2) is 24.3 Å². The summed E-state index contributed by atoms with van der Waals surface area (Å²) in [5.41, 5.74) is 4.32. The molecule has 3 N–H and O–H groups in total. The predicted molar refractivity (Wildman–Crippen MR) is 79.4 cm³/mol. The highest BCUT2D eigenvalue weighted by molar-refractivity contribution is 6.31. The van der Waals surface area contributed by atoms with Crippen molar-refractivity contribution in [2.24, 2.45) is 17.2 Å². The summed E-state index contributed by atoms with van der Waals surface area (Å²) in [7, 11) is 0. The molecule has 1 aromatic carbocycles. The van der Waals surface area contributed by atoms with Gasteiger partial charge in [0.1, 0.15) is 0 Å². The predicted octanol–water partition coefficient (Wildman–Crippen LogP) is 4.31. The van der Waals surface area contributed by atoms with E-state index in [4.69, 9.17) is 17.4 Å². The highest BCUT2D eigenvalue weighted by atomic mass is 35.5. The van der Waals surface area contributed by atoms with E-state index in [1.807, 2.05) is 24.3 Å². The number of hydrogen-bond donors (Lipinski definition) is 2. The van der Waals surface area contributed by atoms with Crippen molar-refractivity contribution in [3.05, 3.63) is 34.9 Å². The quantitative estimate of drug-likeness (QED) is 0.617. The smallest absolute Gasteiger partial charge is 0.0477 e. The van der Waals surface area contributed by atoms with Crippen molar-refractivity contribution in [2.45, 2.75) is 46.6 Å². The van der Waals surface area contributed by atoms with Crippen molar-refractivity contribution in [2.75, 3.05) is 0 Å². The summed E-state index contributed by atoms with van der Waals surface area (Å²) < 4.78 is 0. The molecule has 3 heteroatoms. The molecule has 1 rings (SSSR count). The molecule has 1 aromatic rings. The van der Waals surface area contributed by atoms with Gasteiger partial charge in [0.15, 0.2) is 0 Å². The molecule has 0 aliphatic heterocycles. The van der Waals surface area contributed by atoms with E-state index in [2.05, 4.69) is 33.1 Å². The maximum Gasteiger partial charge on any atom is 0.0477 e. The summed E-state index contributed by atoms with van der Waals surface area (Å²) >= 11 is 6.22. The lowest BCUT2D eigenvalue weighted by molar-refractivity contribution is 0.276. The summed E-state index contributed by atoms with van der Waals surface area (Å²) in [6.45, 7) is 9.07. The van der Waals surface area contributed by atoms with Crippen molar-refractivity contribution in [3.63, 3.8) is 0 Å². The molecule has 2 unspecified atom stereocenters. The van der Waals surface area contributed by atoms with Crippen LogP contribution in [0.25, 0.3) is 0 Å². The molecule has 0 bridgehead atoms. The summed E-state index contributed by atoms with van der Waals surface area (Å²) in [6, 6.07) is 8.01. The van der Waals surface area contributed by atoms with E-state index in [1.54, 1.807) is 0 Å². The van der Waals surface area contributed by atoms with Crippen LogP contribution in [-0.2, 0) is 0 Å². The van der Waals surface area contributed by atoms with Crippen LogP contribution in [0.1, 0.15) is 52.1 Å². The monoisotopic (exact) mass is 268 g/mol. The molecule has 0 amide bonds. The third-order valence-corrected chi connectivity index (χ3v) is 3.42. The molecular weight excluding hydrogens is 244 g/mol. The minimum atomic E-state index is 0.121. The highest BCUT2D eigenvalue weighted by Gasteiger charge is 2.20. The second-order valence-corrected chi connectivity index (χ2v) is 6.75. The lowest BCUT2D eigenvalue weighted by Gasteiger charge is -2.27.